The minimum Gasteiger partial charge on any atom is -0.311 e. The fourth-order valence-corrected chi connectivity index (χ4v) is 3.95. The zero-order chi connectivity index (χ0) is 11.0. The summed E-state index contributed by atoms with van der Waals surface area (Å²) in [5.41, 5.74) is 0. The first kappa shape index (κ1) is 10.8. The maximum absolute atomic E-state index is 3.92. The van der Waals surface area contributed by atoms with Crippen molar-refractivity contribution in [1.29, 1.82) is 0 Å². The molecule has 1 N–H and O–H groups in total. The molecule has 90 valence electrons. The van der Waals surface area contributed by atoms with Gasteiger partial charge in [0.05, 0.1) is 0 Å². The summed E-state index contributed by atoms with van der Waals surface area (Å²) in [5.74, 6) is 2.92. The zero-order valence-electron chi connectivity index (χ0n) is 10.5. The van der Waals surface area contributed by atoms with Gasteiger partial charge >= 0.3 is 0 Å². The molecule has 3 unspecified atom stereocenters. The first-order chi connectivity index (χ1) is 7.86. The smallest absolute Gasteiger partial charge is 0.0138 e. The van der Waals surface area contributed by atoms with Crippen molar-refractivity contribution in [2.75, 3.05) is 0 Å². The van der Waals surface area contributed by atoms with E-state index in [0.717, 1.165) is 29.8 Å². The maximum Gasteiger partial charge on any atom is 0.0138 e. The topological polar surface area (TPSA) is 12.0 Å². The second-order valence-electron chi connectivity index (χ2n) is 6.14. The van der Waals surface area contributed by atoms with E-state index in [2.05, 4.69) is 24.4 Å². The molecule has 2 fully saturated rings. The summed E-state index contributed by atoms with van der Waals surface area (Å²) in [7, 11) is 0. The minimum absolute atomic E-state index is 0.826. The van der Waals surface area contributed by atoms with Crippen molar-refractivity contribution in [3.05, 3.63) is 12.2 Å². The van der Waals surface area contributed by atoms with Crippen LogP contribution < -0.4 is 5.32 Å². The largest absolute Gasteiger partial charge is 0.311 e. The summed E-state index contributed by atoms with van der Waals surface area (Å²) in [6, 6.07) is 1.66. The van der Waals surface area contributed by atoms with Crippen LogP contribution in [0, 0.1) is 17.8 Å². The lowest BCUT2D eigenvalue weighted by Crippen LogP contribution is -2.52. The zero-order valence-corrected chi connectivity index (χ0v) is 10.5. The quantitative estimate of drug-likeness (QED) is 0.716. The van der Waals surface area contributed by atoms with Gasteiger partial charge in [-0.1, -0.05) is 25.5 Å². The van der Waals surface area contributed by atoms with Crippen molar-refractivity contribution in [2.24, 2.45) is 17.8 Å². The monoisotopic (exact) mass is 219 g/mol. The van der Waals surface area contributed by atoms with E-state index in [1.54, 1.807) is 0 Å². The Hall–Kier alpha value is -0.300. The molecule has 3 rings (SSSR count). The highest BCUT2D eigenvalue weighted by molar-refractivity contribution is 5.13. The fraction of sp³-hybridized carbons (Fsp3) is 0.867. The molecule has 2 saturated carbocycles. The Morgan fingerprint density at radius 3 is 2.69 bits per heavy atom. The molecule has 0 amide bonds. The molecule has 1 heteroatoms. The van der Waals surface area contributed by atoms with Crippen LogP contribution in [0.15, 0.2) is 12.2 Å². The van der Waals surface area contributed by atoms with Gasteiger partial charge in [0.25, 0.3) is 0 Å². The summed E-state index contributed by atoms with van der Waals surface area (Å²) in [5, 5.41) is 3.92. The van der Waals surface area contributed by atoms with E-state index in [1.807, 2.05) is 0 Å². The summed E-state index contributed by atoms with van der Waals surface area (Å²) >= 11 is 0. The molecule has 0 aromatic rings. The average molecular weight is 219 g/mol. The molecule has 1 nitrogen and oxygen atoms in total. The van der Waals surface area contributed by atoms with E-state index < -0.39 is 0 Å². The Morgan fingerprint density at radius 2 is 2.00 bits per heavy atom. The van der Waals surface area contributed by atoms with Crippen LogP contribution in [-0.2, 0) is 0 Å². The van der Waals surface area contributed by atoms with Gasteiger partial charge in [-0.3, -0.25) is 0 Å². The van der Waals surface area contributed by atoms with Gasteiger partial charge in [-0.25, -0.2) is 0 Å². The van der Waals surface area contributed by atoms with Crippen molar-refractivity contribution in [3.8, 4) is 0 Å². The van der Waals surface area contributed by atoms with Crippen LogP contribution in [-0.4, -0.2) is 12.1 Å². The Balaban J connectivity index is 1.44. The number of allylic oxidation sites excluding steroid dienone is 1. The Morgan fingerprint density at radius 1 is 1.19 bits per heavy atom. The van der Waals surface area contributed by atoms with Gasteiger partial charge in [0.1, 0.15) is 0 Å². The molecular weight excluding hydrogens is 194 g/mol. The molecule has 0 saturated heterocycles. The lowest BCUT2D eigenvalue weighted by Gasteiger charge is -2.44. The Labute approximate surface area is 99.7 Å². The predicted molar refractivity (Wildman–Crippen MR) is 68.3 cm³/mol. The first-order valence-electron chi connectivity index (χ1n) is 7.29. The van der Waals surface area contributed by atoms with Gasteiger partial charge in [-0.15, -0.1) is 0 Å². The molecule has 0 heterocycles. The van der Waals surface area contributed by atoms with E-state index in [4.69, 9.17) is 0 Å². The lowest BCUT2D eigenvalue weighted by molar-refractivity contribution is 0.134. The number of hydrogen-bond donors (Lipinski definition) is 1. The van der Waals surface area contributed by atoms with E-state index in [0.29, 0.717) is 0 Å². The highest BCUT2D eigenvalue weighted by atomic mass is 15.0. The molecule has 0 aromatic heterocycles. The van der Waals surface area contributed by atoms with Crippen LogP contribution in [0.3, 0.4) is 0 Å². The molecule has 3 atom stereocenters. The molecule has 0 bridgehead atoms. The molecular formula is C15H25N. The van der Waals surface area contributed by atoms with Crippen LogP contribution in [0.2, 0.25) is 0 Å². The van der Waals surface area contributed by atoms with Crippen molar-refractivity contribution in [1.82, 2.24) is 5.32 Å². The van der Waals surface area contributed by atoms with Crippen molar-refractivity contribution >= 4 is 0 Å². The Bertz CT molecular complexity index is 263. The van der Waals surface area contributed by atoms with Gasteiger partial charge in [0.15, 0.2) is 0 Å². The third-order valence-electron chi connectivity index (χ3n) is 5.24. The minimum atomic E-state index is 0.826. The van der Waals surface area contributed by atoms with E-state index in [9.17, 15) is 0 Å². The molecule has 0 aromatic carbocycles. The molecule has 16 heavy (non-hydrogen) atoms. The first-order valence-corrected chi connectivity index (χ1v) is 7.29. The normalized spacial score (nSPS) is 46.4. The van der Waals surface area contributed by atoms with Crippen molar-refractivity contribution in [2.45, 2.75) is 64.0 Å². The number of nitrogens with one attached hydrogen (secondary N) is 1. The third kappa shape index (κ3) is 1.95. The second-order valence-corrected chi connectivity index (χ2v) is 6.14. The SMILES string of the molecule is CCC1CCC(NC2CC3CC=CC32)CC1. The number of fused-ring (bicyclic) bond motifs is 1. The molecule has 3 aliphatic carbocycles. The summed E-state index contributed by atoms with van der Waals surface area (Å²) < 4.78 is 0. The predicted octanol–water partition coefficient (Wildman–Crippen LogP) is 3.51. The summed E-state index contributed by atoms with van der Waals surface area (Å²) in [4.78, 5) is 0. The van der Waals surface area contributed by atoms with Crippen LogP contribution >= 0.6 is 0 Å². The lowest BCUT2D eigenvalue weighted by atomic mass is 9.70. The van der Waals surface area contributed by atoms with E-state index in [1.165, 1.54) is 44.9 Å². The molecule has 0 radical (unpaired) electrons. The van der Waals surface area contributed by atoms with Gasteiger partial charge < -0.3 is 5.32 Å². The van der Waals surface area contributed by atoms with Crippen molar-refractivity contribution in [3.63, 3.8) is 0 Å². The number of hydrogen-bond acceptors (Lipinski definition) is 1. The molecule has 0 aliphatic heterocycles. The highest BCUT2D eigenvalue weighted by Crippen LogP contribution is 2.43. The molecule has 3 aliphatic rings. The third-order valence-corrected chi connectivity index (χ3v) is 5.24. The van der Waals surface area contributed by atoms with Gasteiger partial charge in [-0.2, -0.15) is 0 Å². The van der Waals surface area contributed by atoms with Gasteiger partial charge in [-0.05, 0) is 56.3 Å². The fourth-order valence-electron chi connectivity index (χ4n) is 3.95. The highest BCUT2D eigenvalue weighted by Gasteiger charge is 2.41. The second kappa shape index (κ2) is 4.52. The van der Waals surface area contributed by atoms with Crippen LogP contribution in [0.4, 0.5) is 0 Å². The Kier molecular flexibility index (Phi) is 3.06. The van der Waals surface area contributed by atoms with Gasteiger partial charge in [0, 0.05) is 12.1 Å². The van der Waals surface area contributed by atoms with Crippen LogP contribution in [0.1, 0.15) is 51.9 Å². The molecule has 0 spiro atoms. The average Bonchev–Trinajstić information content (AvgIpc) is 2.68. The maximum atomic E-state index is 3.92. The van der Waals surface area contributed by atoms with Crippen LogP contribution in [0.25, 0.3) is 0 Å². The van der Waals surface area contributed by atoms with E-state index in [-0.39, 0.29) is 0 Å². The van der Waals surface area contributed by atoms with Crippen molar-refractivity contribution < 1.29 is 0 Å². The number of rotatable bonds is 3. The van der Waals surface area contributed by atoms with Crippen LogP contribution in [0.5, 0.6) is 0 Å². The standard InChI is InChI=1S/C15H25N/c1-2-11-6-8-13(9-7-11)16-15-10-12-4-3-5-14(12)15/h3,5,11-16H,2,4,6-10H2,1H3. The summed E-state index contributed by atoms with van der Waals surface area (Å²) in [6.45, 7) is 2.35. The summed E-state index contributed by atoms with van der Waals surface area (Å²) in [6.07, 6.45) is 14.8. The van der Waals surface area contributed by atoms with Gasteiger partial charge in [0.2, 0.25) is 0 Å². The van der Waals surface area contributed by atoms with E-state index >= 15 is 0 Å².